The number of halogens is 1. The highest BCUT2D eigenvalue weighted by atomic mass is 19.1. The number of H-pyrrole nitrogens is 1. The summed E-state index contributed by atoms with van der Waals surface area (Å²) in [6.07, 6.45) is 1.70. The standard InChI is InChI=1S/C12H14FN3/c1-9(11-4-2-3-5-12(11)13)14-8-10-6-7-15-16-10/h2-7,9,14H,8H2,1H3,(H,15,16)/t9-/m1/s1. The Kier molecular flexibility index (Phi) is 3.31. The fraction of sp³-hybridized carbons (Fsp3) is 0.250. The molecule has 1 atom stereocenters. The van der Waals surface area contributed by atoms with E-state index < -0.39 is 0 Å². The van der Waals surface area contributed by atoms with Gasteiger partial charge < -0.3 is 5.32 Å². The molecule has 0 unspecified atom stereocenters. The number of aromatic amines is 1. The molecule has 2 aromatic rings. The van der Waals surface area contributed by atoms with E-state index in [-0.39, 0.29) is 11.9 Å². The summed E-state index contributed by atoms with van der Waals surface area (Å²) in [5, 5.41) is 9.93. The van der Waals surface area contributed by atoms with Crippen LogP contribution in [0.5, 0.6) is 0 Å². The molecule has 0 bridgehead atoms. The second-order valence-corrected chi connectivity index (χ2v) is 3.71. The van der Waals surface area contributed by atoms with Gasteiger partial charge in [-0.3, -0.25) is 5.10 Å². The molecule has 0 aliphatic rings. The number of nitrogens with one attached hydrogen (secondary N) is 2. The van der Waals surface area contributed by atoms with Crippen molar-refractivity contribution in [3.8, 4) is 0 Å². The van der Waals surface area contributed by atoms with Crippen molar-refractivity contribution in [3.05, 3.63) is 53.6 Å². The van der Waals surface area contributed by atoms with Gasteiger partial charge in [-0.15, -0.1) is 0 Å². The molecule has 0 aliphatic heterocycles. The van der Waals surface area contributed by atoms with E-state index in [2.05, 4.69) is 15.5 Å². The third-order valence-corrected chi connectivity index (χ3v) is 2.53. The molecule has 1 heterocycles. The molecule has 0 aliphatic carbocycles. The summed E-state index contributed by atoms with van der Waals surface area (Å²) in [4.78, 5) is 0. The summed E-state index contributed by atoms with van der Waals surface area (Å²) < 4.78 is 13.4. The second-order valence-electron chi connectivity index (χ2n) is 3.71. The van der Waals surface area contributed by atoms with Crippen molar-refractivity contribution >= 4 is 0 Å². The first-order chi connectivity index (χ1) is 7.77. The molecular formula is C12H14FN3. The highest BCUT2D eigenvalue weighted by Gasteiger charge is 2.09. The van der Waals surface area contributed by atoms with Gasteiger partial charge in [-0.05, 0) is 19.1 Å². The predicted octanol–water partition coefficient (Wildman–Crippen LogP) is 2.40. The van der Waals surface area contributed by atoms with E-state index in [1.807, 2.05) is 19.1 Å². The molecule has 84 valence electrons. The van der Waals surface area contributed by atoms with Crippen LogP contribution in [0.2, 0.25) is 0 Å². The summed E-state index contributed by atoms with van der Waals surface area (Å²) >= 11 is 0. The van der Waals surface area contributed by atoms with Crippen molar-refractivity contribution in [2.24, 2.45) is 0 Å². The van der Waals surface area contributed by atoms with Crippen molar-refractivity contribution < 1.29 is 4.39 Å². The Labute approximate surface area is 93.7 Å². The number of benzene rings is 1. The number of hydrogen-bond acceptors (Lipinski definition) is 2. The molecule has 0 saturated carbocycles. The lowest BCUT2D eigenvalue weighted by atomic mass is 10.1. The van der Waals surface area contributed by atoms with Gasteiger partial charge in [0.2, 0.25) is 0 Å². The number of rotatable bonds is 4. The lowest BCUT2D eigenvalue weighted by Crippen LogP contribution is -2.19. The summed E-state index contributed by atoms with van der Waals surface area (Å²) in [6.45, 7) is 2.59. The van der Waals surface area contributed by atoms with E-state index in [1.54, 1.807) is 18.3 Å². The fourth-order valence-corrected chi connectivity index (χ4v) is 1.58. The van der Waals surface area contributed by atoms with Gasteiger partial charge in [-0.1, -0.05) is 18.2 Å². The summed E-state index contributed by atoms with van der Waals surface area (Å²) in [5.74, 6) is -0.174. The Hall–Kier alpha value is -1.68. The maximum Gasteiger partial charge on any atom is 0.127 e. The first-order valence-electron chi connectivity index (χ1n) is 5.23. The van der Waals surface area contributed by atoms with E-state index in [1.165, 1.54) is 6.07 Å². The van der Waals surface area contributed by atoms with Gasteiger partial charge in [-0.2, -0.15) is 5.10 Å². The quantitative estimate of drug-likeness (QED) is 0.829. The first-order valence-corrected chi connectivity index (χ1v) is 5.23. The average Bonchev–Trinajstić information content (AvgIpc) is 2.79. The van der Waals surface area contributed by atoms with Crippen molar-refractivity contribution in [2.75, 3.05) is 0 Å². The van der Waals surface area contributed by atoms with Crippen molar-refractivity contribution in [2.45, 2.75) is 19.5 Å². The van der Waals surface area contributed by atoms with Crippen LogP contribution in [0.1, 0.15) is 24.2 Å². The van der Waals surface area contributed by atoms with Gasteiger partial charge in [-0.25, -0.2) is 4.39 Å². The van der Waals surface area contributed by atoms with Crippen LogP contribution in [-0.4, -0.2) is 10.2 Å². The molecule has 0 spiro atoms. The number of aromatic nitrogens is 2. The minimum atomic E-state index is -0.174. The van der Waals surface area contributed by atoms with E-state index in [9.17, 15) is 4.39 Å². The molecule has 1 aromatic carbocycles. The van der Waals surface area contributed by atoms with Gasteiger partial charge in [0.25, 0.3) is 0 Å². The van der Waals surface area contributed by atoms with E-state index in [0.29, 0.717) is 12.1 Å². The van der Waals surface area contributed by atoms with Crippen LogP contribution >= 0.6 is 0 Å². The zero-order valence-corrected chi connectivity index (χ0v) is 9.07. The maximum atomic E-state index is 13.4. The first kappa shape index (κ1) is 10.8. The highest BCUT2D eigenvalue weighted by Crippen LogP contribution is 2.16. The number of nitrogens with zero attached hydrogens (tertiary/aromatic N) is 1. The van der Waals surface area contributed by atoms with Crippen molar-refractivity contribution in [1.82, 2.24) is 15.5 Å². The molecule has 0 radical (unpaired) electrons. The Morgan fingerprint density at radius 1 is 1.38 bits per heavy atom. The predicted molar refractivity (Wildman–Crippen MR) is 60.2 cm³/mol. The molecule has 0 amide bonds. The Balaban J connectivity index is 1.98. The van der Waals surface area contributed by atoms with E-state index in [0.717, 1.165) is 5.69 Å². The fourth-order valence-electron chi connectivity index (χ4n) is 1.58. The molecule has 4 heteroatoms. The minimum absolute atomic E-state index is 0.0236. The molecule has 0 saturated heterocycles. The van der Waals surface area contributed by atoms with Crippen LogP contribution in [0.25, 0.3) is 0 Å². The average molecular weight is 219 g/mol. The Morgan fingerprint density at radius 2 is 2.19 bits per heavy atom. The van der Waals surface area contributed by atoms with Crippen LogP contribution in [0.15, 0.2) is 36.5 Å². The molecule has 0 fully saturated rings. The summed E-state index contributed by atoms with van der Waals surface area (Å²) in [7, 11) is 0. The van der Waals surface area contributed by atoms with Gasteiger partial charge in [0.05, 0.1) is 0 Å². The van der Waals surface area contributed by atoms with Crippen LogP contribution < -0.4 is 5.32 Å². The van der Waals surface area contributed by atoms with Gasteiger partial charge in [0, 0.05) is 30.0 Å². The van der Waals surface area contributed by atoms with Crippen molar-refractivity contribution in [3.63, 3.8) is 0 Å². The van der Waals surface area contributed by atoms with Crippen LogP contribution in [-0.2, 0) is 6.54 Å². The van der Waals surface area contributed by atoms with Gasteiger partial charge in [0.1, 0.15) is 5.82 Å². The number of hydrogen-bond donors (Lipinski definition) is 2. The smallest absolute Gasteiger partial charge is 0.127 e. The zero-order chi connectivity index (χ0) is 11.4. The summed E-state index contributed by atoms with van der Waals surface area (Å²) in [5.41, 5.74) is 1.67. The molecule has 2 rings (SSSR count). The third kappa shape index (κ3) is 2.46. The molecule has 16 heavy (non-hydrogen) atoms. The maximum absolute atomic E-state index is 13.4. The SMILES string of the molecule is C[C@@H](NCc1ccn[nH]1)c1ccccc1F. The van der Waals surface area contributed by atoms with Gasteiger partial charge in [0.15, 0.2) is 0 Å². The summed E-state index contributed by atoms with van der Waals surface area (Å²) in [6, 6.07) is 8.67. The monoisotopic (exact) mass is 219 g/mol. The lowest BCUT2D eigenvalue weighted by Gasteiger charge is -2.14. The molecule has 1 aromatic heterocycles. The topological polar surface area (TPSA) is 40.7 Å². The molecule has 2 N–H and O–H groups in total. The van der Waals surface area contributed by atoms with E-state index >= 15 is 0 Å². The van der Waals surface area contributed by atoms with Crippen LogP contribution in [0, 0.1) is 5.82 Å². The normalized spacial score (nSPS) is 12.6. The second kappa shape index (κ2) is 4.90. The molecule has 3 nitrogen and oxygen atoms in total. The van der Waals surface area contributed by atoms with Gasteiger partial charge >= 0.3 is 0 Å². The Bertz CT molecular complexity index is 439. The highest BCUT2D eigenvalue weighted by molar-refractivity contribution is 5.20. The minimum Gasteiger partial charge on any atom is -0.304 e. The van der Waals surface area contributed by atoms with Crippen molar-refractivity contribution in [1.29, 1.82) is 0 Å². The van der Waals surface area contributed by atoms with Crippen LogP contribution in [0.4, 0.5) is 4.39 Å². The zero-order valence-electron chi connectivity index (χ0n) is 9.07. The molecular weight excluding hydrogens is 205 g/mol. The largest absolute Gasteiger partial charge is 0.304 e. The van der Waals surface area contributed by atoms with Crippen LogP contribution in [0.3, 0.4) is 0 Å². The Morgan fingerprint density at radius 3 is 2.88 bits per heavy atom. The van der Waals surface area contributed by atoms with E-state index in [4.69, 9.17) is 0 Å². The third-order valence-electron chi connectivity index (χ3n) is 2.53. The lowest BCUT2D eigenvalue weighted by molar-refractivity contribution is 0.524.